The first-order valence-electron chi connectivity index (χ1n) is 5.08. The molecule has 2 aromatic rings. The number of nitrogens with zero attached hydrogens (tertiary/aromatic N) is 2. The van der Waals surface area contributed by atoms with Gasteiger partial charge in [-0.2, -0.15) is 5.10 Å². The molecule has 0 atom stereocenters. The maximum atomic E-state index is 12.2. The van der Waals surface area contributed by atoms with Crippen LogP contribution in [0, 0.1) is 13.8 Å². The lowest BCUT2D eigenvalue weighted by atomic mass is 10.4. The highest BCUT2D eigenvalue weighted by Gasteiger charge is 2.20. The molecule has 0 aliphatic rings. The molecule has 0 spiro atoms. The number of rotatable bonds is 3. The fourth-order valence-electron chi connectivity index (χ4n) is 1.46. The third-order valence-electron chi connectivity index (χ3n) is 2.36. The molecule has 0 aliphatic heterocycles. The van der Waals surface area contributed by atoms with Crippen LogP contribution in [0.4, 0.5) is 5.69 Å². The molecular weight excluding hydrogens is 338 g/mol. The van der Waals surface area contributed by atoms with Gasteiger partial charge in [0.15, 0.2) is 0 Å². The predicted molar refractivity (Wildman–Crippen MR) is 75.5 cm³/mol. The van der Waals surface area contributed by atoms with Crippen LogP contribution in [0.25, 0.3) is 0 Å². The maximum absolute atomic E-state index is 12.2. The van der Waals surface area contributed by atoms with E-state index in [4.69, 9.17) is 0 Å². The summed E-state index contributed by atoms with van der Waals surface area (Å²) in [6.07, 6.45) is 1.64. The minimum atomic E-state index is -3.54. The zero-order valence-corrected chi connectivity index (χ0v) is 13.3. The molecular formula is C10H12BrN3O2S2. The standard InChI is InChI=1S/C10H12BrN3O2S2/c1-6-4-9(17-10(6)11)18(15,16)13-8-5-14(3)12-7(8)2/h4-5,13H,1-3H3. The van der Waals surface area contributed by atoms with Gasteiger partial charge >= 0.3 is 0 Å². The lowest BCUT2D eigenvalue weighted by molar-refractivity contribution is 0.603. The van der Waals surface area contributed by atoms with E-state index in [-0.39, 0.29) is 4.21 Å². The average molecular weight is 350 g/mol. The van der Waals surface area contributed by atoms with Crippen LogP contribution in [0.5, 0.6) is 0 Å². The van der Waals surface area contributed by atoms with Crippen molar-refractivity contribution in [2.24, 2.45) is 7.05 Å². The molecule has 2 heterocycles. The van der Waals surface area contributed by atoms with Crippen molar-refractivity contribution in [3.63, 3.8) is 0 Å². The Morgan fingerprint density at radius 1 is 1.44 bits per heavy atom. The Morgan fingerprint density at radius 2 is 2.11 bits per heavy atom. The highest BCUT2D eigenvalue weighted by molar-refractivity contribution is 9.11. The van der Waals surface area contributed by atoms with Crippen molar-refractivity contribution in [2.45, 2.75) is 18.1 Å². The van der Waals surface area contributed by atoms with Crippen molar-refractivity contribution in [1.29, 1.82) is 0 Å². The molecule has 2 aromatic heterocycles. The van der Waals surface area contributed by atoms with Crippen LogP contribution < -0.4 is 4.72 Å². The van der Waals surface area contributed by atoms with Crippen LogP contribution in [0.1, 0.15) is 11.3 Å². The Kier molecular flexibility index (Phi) is 3.52. The van der Waals surface area contributed by atoms with Crippen molar-refractivity contribution >= 4 is 43.0 Å². The topological polar surface area (TPSA) is 64.0 Å². The Morgan fingerprint density at radius 3 is 2.56 bits per heavy atom. The highest BCUT2D eigenvalue weighted by Crippen LogP contribution is 2.31. The van der Waals surface area contributed by atoms with Crippen LogP contribution in [-0.4, -0.2) is 18.2 Å². The first-order valence-corrected chi connectivity index (χ1v) is 8.18. The van der Waals surface area contributed by atoms with E-state index < -0.39 is 10.0 Å². The van der Waals surface area contributed by atoms with Gasteiger partial charge in [0.1, 0.15) is 4.21 Å². The number of hydrogen-bond acceptors (Lipinski definition) is 4. The summed E-state index contributed by atoms with van der Waals surface area (Å²) in [4.78, 5) is 0. The van der Waals surface area contributed by atoms with Gasteiger partial charge in [0.25, 0.3) is 10.0 Å². The zero-order chi connectivity index (χ0) is 13.5. The van der Waals surface area contributed by atoms with Crippen LogP contribution in [0.15, 0.2) is 20.3 Å². The Balaban J connectivity index is 2.35. The number of thiophene rings is 1. The summed E-state index contributed by atoms with van der Waals surface area (Å²) in [5.74, 6) is 0. The van der Waals surface area contributed by atoms with Gasteiger partial charge in [0, 0.05) is 13.2 Å². The second kappa shape index (κ2) is 4.67. The number of aryl methyl sites for hydroxylation is 3. The van der Waals surface area contributed by atoms with Gasteiger partial charge in [-0.05, 0) is 41.4 Å². The molecule has 0 aliphatic carbocycles. The van der Waals surface area contributed by atoms with Gasteiger partial charge in [-0.3, -0.25) is 9.40 Å². The van der Waals surface area contributed by atoms with Gasteiger partial charge in [-0.1, -0.05) is 0 Å². The van der Waals surface area contributed by atoms with E-state index in [0.717, 1.165) is 9.35 Å². The minimum absolute atomic E-state index is 0.287. The summed E-state index contributed by atoms with van der Waals surface area (Å²) in [5.41, 5.74) is 2.05. The van der Waals surface area contributed by atoms with Crippen molar-refractivity contribution in [3.05, 3.63) is 27.3 Å². The third-order valence-corrected chi connectivity index (χ3v) is 6.33. The summed E-state index contributed by atoms with van der Waals surface area (Å²) >= 11 is 4.51. The largest absolute Gasteiger partial charge is 0.275 e. The summed E-state index contributed by atoms with van der Waals surface area (Å²) in [6.45, 7) is 3.61. The van der Waals surface area contributed by atoms with E-state index in [1.807, 2.05) is 6.92 Å². The summed E-state index contributed by atoms with van der Waals surface area (Å²) in [7, 11) is -1.79. The Bertz CT molecular complexity index is 669. The van der Waals surface area contributed by atoms with Crippen molar-refractivity contribution in [1.82, 2.24) is 9.78 Å². The van der Waals surface area contributed by atoms with Crippen LogP contribution >= 0.6 is 27.3 Å². The van der Waals surface area contributed by atoms with Crippen molar-refractivity contribution in [3.8, 4) is 0 Å². The molecule has 0 fully saturated rings. The van der Waals surface area contributed by atoms with E-state index in [1.165, 1.54) is 11.3 Å². The average Bonchev–Trinajstić information content (AvgIpc) is 2.72. The lowest BCUT2D eigenvalue weighted by Crippen LogP contribution is -2.11. The van der Waals surface area contributed by atoms with E-state index in [9.17, 15) is 8.42 Å². The van der Waals surface area contributed by atoms with Gasteiger partial charge in [0.2, 0.25) is 0 Å². The van der Waals surface area contributed by atoms with Gasteiger partial charge in [-0.15, -0.1) is 11.3 Å². The summed E-state index contributed by atoms with van der Waals surface area (Å²) < 4.78 is 29.6. The highest BCUT2D eigenvalue weighted by atomic mass is 79.9. The molecule has 5 nitrogen and oxygen atoms in total. The minimum Gasteiger partial charge on any atom is -0.275 e. The molecule has 18 heavy (non-hydrogen) atoms. The quantitative estimate of drug-likeness (QED) is 0.926. The first kappa shape index (κ1) is 13.6. The van der Waals surface area contributed by atoms with Gasteiger partial charge in [0.05, 0.1) is 15.2 Å². The fraction of sp³-hybridized carbons (Fsp3) is 0.300. The Labute approximate surface area is 118 Å². The molecule has 2 rings (SSSR count). The second-order valence-corrected chi connectivity index (χ2v) is 8.21. The molecule has 0 amide bonds. The molecule has 1 N–H and O–H groups in total. The molecule has 0 saturated heterocycles. The third kappa shape index (κ3) is 2.60. The monoisotopic (exact) mass is 349 g/mol. The zero-order valence-electron chi connectivity index (χ0n) is 10.1. The van der Waals surface area contributed by atoms with Crippen molar-refractivity contribution in [2.75, 3.05) is 4.72 Å². The normalized spacial score (nSPS) is 11.8. The van der Waals surface area contributed by atoms with Crippen LogP contribution in [-0.2, 0) is 17.1 Å². The number of aromatic nitrogens is 2. The smallest absolute Gasteiger partial charge is 0.271 e. The number of nitrogens with one attached hydrogen (secondary N) is 1. The Hall–Kier alpha value is -0.860. The second-order valence-electron chi connectivity index (χ2n) is 3.93. The van der Waals surface area contributed by atoms with E-state index >= 15 is 0 Å². The van der Waals surface area contributed by atoms with Gasteiger partial charge in [-0.25, -0.2) is 8.42 Å². The molecule has 8 heteroatoms. The molecule has 0 radical (unpaired) electrons. The molecule has 0 unspecified atom stereocenters. The number of anilines is 1. The van der Waals surface area contributed by atoms with Crippen LogP contribution in [0.2, 0.25) is 0 Å². The SMILES string of the molecule is Cc1cc(S(=O)(=O)Nc2cn(C)nc2C)sc1Br. The predicted octanol–water partition coefficient (Wildman–Crippen LogP) is 2.66. The maximum Gasteiger partial charge on any atom is 0.271 e. The van der Waals surface area contributed by atoms with Gasteiger partial charge < -0.3 is 0 Å². The summed E-state index contributed by atoms with van der Waals surface area (Å²) in [5, 5.41) is 4.10. The van der Waals surface area contributed by atoms with E-state index in [1.54, 1.807) is 30.9 Å². The number of halogens is 1. The number of sulfonamides is 1. The number of hydrogen-bond donors (Lipinski definition) is 1. The lowest BCUT2D eigenvalue weighted by Gasteiger charge is -2.03. The van der Waals surface area contributed by atoms with Crippen LogP contribution in [0.3, 0.4) is 0 Å². The molecule has 0 bridgehead atoms. The van der Waals surface area contributed by atoms with E-state index in [2.05, 4.69) is 25.8 Å². The molecule has 0 saturated carbocycles. The molecule has 98 valence electrons. The van der Waals surface area contributed by atoms with E-state index in [0.29, 0.717) is 11.4 Å². The fourth-order valence-corrected chi connectivity index (χ4v) is 4.79. The summed E-state index contributed by atoms with van der Waals surface area (Å²) in [6, 6.07) is 1.64. The van der Waals surface area contributed by atoms with Crippen molar-refractivity contribution < 1.29 is 8.42 Å². The first-order chi connectivity index (χ1) is 8.29. The molecule has 0 aromatic carbocycles.